The van der Waals surface area contributed by atoms with E-state index >= 15 is 0 Å². The van der Waals surface area contributed by atoms with Gasteiger partial charge in [0.2, 0.25) is 11.8 Å². The molecule has 0 aliphatic heterocycles. The summed E-state index contributed by atoms with van der Waals surface area (Å²) >= 11 is 0. The molecule has 2 unspecified atom stereocenters. The number of rotatable bonds is 10. The molecule has 0 fully saturated rings. The lowest BCUT2D eigenvalue weighted by Gasteiger charge is -2.32. The van der Waals surface area contributed by atoms with Gasteiger partial charge in [0.1, 0.15) is 18.2 Å². The first-order valence-electron chi connectivity index (χ1n) is 11.1. The smallest absolute Gasteiger partial charge is 0.408 e. The molecule has 0 saturated heterocycles. The van der Waals surface area contributed by atoms with Crippen LogP contribution >= 0.6 is 0 Å². The van der Waals surface area contributed by atoms with Crippen LogP contribution in [0.3, 0.4) is 0 Å². The zero-order chi connectivity index (χ0) is 24.5. The van der Waals surface area contributed by atoms with E-state index in [1.54, 1.807) is 26.8 Å². The summed E-state index contributed by atoms with van der Waals surface area (Å²) in [5.41, 5.74) is 2.04. The molecule has 2 atom stereocenters. The van der Waals surface area contributed by atoms with E-state index in [0.717, 1.165) is 29.5 Å². The van der Waals surface area contributed by atoms with Crippen LogP contribution in [0.5, 0.6) is 0 Å². The van der Waals surface area contributed by atoms with Crippen molar-refractivity contribution in [1.82, 2.24) is 15.5 Å². The minimum atomic E-state index is -0.848. The highest BCUT2D eigenvalue weighted by atomic mass is 16.6. The second-order valence-corrected chi connectivity index (χ2v) is 9.21. The van der Waals surface area contributed by atoms with Gasteiger partial charge in [-0.15, -0.1) is 6.58 Å². The Kier molecular flexibility index (Phi) is 10.4. The maximum atomic E-state index is 13.3. The van der Waals surface area contributed by atoms with Gasteiger partial charge in [-0.3, -0.25) is 9.59 Å². The Labute approximate surface area is 192 Å². The number of carbonyl (C=O) groups excluding carboxylic acids is 3. The zero-order valence-corrected chi connectivity index (χ0v) is 20.6. The van der Waals surface area contributed by atoms with E-state index in [-0.39, 0.29) is 25.0 Å². The van der Waals surface area contributed by atoms with E-state index in [1.807, 2.05) is 39.0 Å². The second-order valence-electron chi connectivity index (χ2n) is 9.21. The lowest BCUT2D eigenvalue weighted by molar-refractivity contribution is -0.139. The lowest BCUT2D eigenvalue weighted by Crippen LogP contribution is -2.49. The minimum Gasteiger partial charge on any atom is -0.444 e. The second kappa shape index (κ2) is 12.3. The molecule has 0 saturated carbocycles. The summed E-state index contributed by atoms with van der Waals surface area (Å²) in [6.45, 7) is 16.8. The van der Waals surface area contributed by atoms with Gasteiger partial charge in [0.05, 0.1) is 0 Å². The highest BCUT2D eigenvalue weighted by molar-refractivity contribution is 5.90. The largest absolute Gasteiger partial charge is 0.444 e. The average molecular weight is 446 g/mol. The first-order chi connectivity index (χ1) is 14.9. The van der Waals surface area contributed by atoms with Gasteiger partial charge in [-0.25, -0.2) is 4.79 Å². The van der Waals surface area contributed by atoms with Crippen LogP contribution in [0.1, 0.15) is 70.2 Å². The third-order valence-electron chi connectivity index (χ3n) is 4.66. The van der Waals surface area contributed by atoms with Gasteiger partial charge in [0.15, 0.2) is 0 Å². The van der Waals surface area contributed by atoms with Crippen LogP contribution in [-0.4, -0.2) is 47.5 Å². The number of alkyl carbamates (subject to hydrolysis) is 1. The molecule has 1 aromatic rings. The lowest BCUT2D eigenvalue weighted by atomic mass is 9.98. The molecule has 3 amide bonds. The molecule has 0 heterocycles. The molecule has 1 aromatic carbocycles. The average Bonchev–Trinajstić information content (AvgIpc) is 2.63. The number of nitrogens with zero attached hydrogens (tertiary/aromatic N) is 1. The van der Waals surface area contributed by atoms with Crippen molar-refractivity contribution in [3.63, 3.8) is 0 Å². The number of benzene rings is 1. The van der Waals surface area contributed by atoms with Gasteiger partial charge in [0, 0.05) is 12.6 Å². The molecule has 0 aromatic heterocycles. The Morgan fingerprint density at radius 3 is 2.25 bits per heavy atom. The van der Waals surface area contributed by atoms with Gasteiger partial charge in [-0.2, -0.15) is 0 Å². The monoisotopic (exact) mass is 445 g/mol. The van der Waals surface area contributed by atoms with Crippen LogP contribution < -0.4 is 10.6 Å². The van der Waals surface area contributed by atoms with Crippen LogP contribution in [-0.2, 0) is 14.3 Å². The number of hydrogen-bond acceptors (Lipinski definition) is 4. The summed E-state index contributed by atoms with van der Waals surface area (Å²) in [5, 5.41) is 5.52. The number of nitrogens with one attached hydrogen (secondary N) is 2. The number of aryl methyl sites for hydroxylation is 2. The van der Waals surface area contributed by atoms with Crippen LogP contribution in [0, 0.1) is 13.8 Å². The van der Waals surface area contributed by atoms with Crippen molar-refractivity contribution in [2.75, 3.05) is 13.1 Å². The fourth-order valence-corrected chi connectivity index (χ4v) is 3.52. The summed E-state index contributed by atoms with van der Waals surface area (Å²) in [4.78, 5) is 39.9. The van der Waals surface area contributed by atoms with Gasteiger partial charge in [0.25, 0.3) is 0 Å². The molecule has 1 rings (SSSR count). The molecule has 0 aliphatic rings. The SMILES string of the molecule is C=CCN(C(=O)CNC(=O)OC(C)(C)C)C(C(=O)NC(C)CCC)c1cc(C)cc(C)c1. The van der Waals surface area contributed by atoms with E-state index in [9.17, 15) is 14.4 Å². The Morgan fingerprint density at radius 1 is 1.16 bits per heavy atom. The third-order valence-corrected chi connectivity index (χ3v) is 4.66. The van der Waals surface area contributed by atoms with Crippen molar-refractivity contribution in [2.24, 2.45) is 0 Å². The molecule has 0 aliphatic carbocycles. The van der Waals surface area contributed by atoms with E-state index in [1.165, 1.54) is 4.90 Å². The van der Waals surface area contributed by atoms with Gasteiger partial charge >= 0.3 is 6.09 Å². The molecule has 0 bridgehead atoms. The summed E-state index contributed by atoms with van der Waals surface area (Å²) in [6, 6.07) is 4.96. The van der Waals surface area contributed by atoms with E-state index in [2.05, 4.69) is 24.1 Å². The van der Waals surface area contributed by atoms with Gasteiger partial charge < -0.3 is 20.3 Å². The van der Waals surface area contributed by atoms with Crippen molar-refractivity contribution in [3.05, 3.63) is 47.5 Å². The molecule has 178 valence electrons. The zero-order valence-electron chi connectivity index (χ0n) is 20.6. The molecule has 32 heavy (non-hydrogen) atoms. The first kappa shape index (κ1) is 27.2. The normalized spacial score (nSPS) is 13.0. The van der Waals surface area contributed by atoms with Crippen LogP contribution in [0.2, 0.25) is 0 Å². The van der Waals surface area contributed by atoms with Crippen molar-refractivity contribution >= 4 is 17.9 Å². The minimum absolute atomic E-state index is 0.0264. The van der Waals surface area contributed by atoms with Crippen molar-refractivity contribution in [1.29, 1.82) is 0 Å². The Morgan fingerprint density at radius 2 is 1.75 bits per heavy atom. The molecule has 7 heteroatoms. The van der Waals surface area contributed by atoms with Gasteiger partial charge in [-0.1, -0.05) is 48.7 Å². The highest BCUT2D eigenvalue weighted by Gasteiger charge is 2.32. The number of hydrogen-bond donors (Lipinski definition) is 2. The van der Waals surface area contributed by atoms with Crippen LogP contribution in [0.25, 0.3) is 0 Å². The van der Waals surface area contributed by atoms with E-state index in [4.69, 9.17) is 4.74 Å². The predicted octanol–water partition coefficient (Wildman–Crippen LogP) is 4.19. The number of amides is 3. The summed E-state index contributed by atoms with van der Waals surface area (Å²) in [5.74, 6) is -0.665. The standard InChI is InChI=1S/C25H39N3O4/c1-9-11-19(5)27-23(30)22(20-14-17(3)13-18(4)15-20)28(12-10-2)21(29)16-26-24(31)32-25(6,7)8/h10,13-15,19,22H,2,9,11-12,16H2,1,3-8H3,(H,26,31)(H,27,30). The molecule has 7 nitrogen and oxygen atoms in total. The molecular weight excluding hydrogens is 406 g/mol. The Hall–Kier alpha value is -2.83. The fourth-order valence-electron chi connectivity index (χ4n) is 3.52. The summed E-state index contributed by atoms with van der Waals surface area (Å²) in [7, 11) is 0. The van der Waals surface area contributed by atoms with E-state index < -0.39 is 23.6 Å². The van der Waals surface area contributed by atoms with Crippen LogP contribution in [0.4, 0.5) is 4.79 Å². The van der Waals surface area contributed by atoms with Gasteiger partial charge in [-0.05, 0) is 53.5 Å². The third kappa shape index (κ3) is 9.12. The van der Waals surface area contributed by atoms with Crippen molar-refractivity contribution < 1.29 is 19.1 Å². The molecular formula is C25H39N3O4. The molecule has 2 N–H and O–H groups in total. The Balaban J connectivity index is 3.22. The summed E-state index contributed by atoms with van der Waals surface area (Å²) in [6.07, 6.45) is 2.66. The molecule has 0 radical (unpaired) electrons. The maximum Gasteiger partial charge on any atom is 0.408 e. The van der Waals surface area contributed by atoms with E-state index in [0.29, 0.717) is 0 Å². The number of carbonyl (C=O) groups is 3. The van der Waals surface area contributed by atoms with Crippen LogP contribution in [0.15, 0.2) is 30.9 Å². The topological polar surface area (TPSA) is 87.7 Å². The quantitative estimate of drug-likeness (QED) is 0.529. The fraction of sp³-hybridized carbons (Fsp3) is 0.560. The van der Waals surface area contributed by atoms with Crippen molar-refractivity contribution in [3.8, 4) is 0 Å². The highest BCUT2D eigenvalue weighted by Crippen LogP contribution is 2.24. The first-order valence-corrected chi connectivity index (χ1v) is 11.1. The summed E-state index contributed by atoms with van der Waals surface area (Å²) < 4.78 is 5.21. The Bertz CT molecular complexity index is 794. The van der Waals surface area contributed by atoms with Crippen molar-refractivity contribution in [2.45, 2.75) is 79.0 Å². The maximum absolute atomic E-state index is 13.3. The predicted molar refractivity (Wildman–Crippen MR) is 127 cm³/mol. The molecule has 0 spiro atoms. The number of ether oxygens (including phenoxy) is 1.